The van der Waals surface area contributed by atoms with Crippen molar-refractivity contribution in [3.8, 4) is 12.3 Å². The highest BCUT2D eigenvalue weighted by molar-refractivity contribution is 5.92. The Bertz CT molecular complexity index is 778. The number of fused-ring (bicyclic) bond motifs is 5. The lowest BCUT2D eigenvalue weighted by molar-refractivity contribution is -0.117. The van der Waals surface area contributed by atoms with Crippen LogP contribution in [0.2, 0.25) is 0 Å². The average Bonchev–Trinajstić information content (AvgIpc) is 2.78. The van der Waals surface area contributed by atoms with Gasteiger partial charge in [0.15, 0.2) is 11.4 Å². The molecular weight excluding hydrogens is 308 g/mol. The maximum Gasteiger partial charge on any atom is 0.156 e. The van der Waals surface area contributed by atoms with Crippen LogP contribution in [0.5, 0.6) is 0 Å². The molecule has 25 heavy (non-hydrogen) atoms. The van der Waals surface area contributed by atoms with Crippen molar-refractivity contribution in [3.63, 3.8) is 0 Å². The van der Waals surface area contributed by atoms with Crippen LogP contribution in [-0.4, -0.2) is 16.5 Å². The van der Waals surface area contributed by atoms with E-state index in [0.29, 0.717) is 24.2 Å². The molecule has 0 heterocycles. The van der Waals surface area contributed by atoms with Crippen LogP contribution in [0.4, 0.5) is 0 Å². The summed E-state index contributed by atoms with van der Waals surface area (Å²) in [5.41, 5.74) is 1.86. The van der Waals surface area contributed by atoms with Gasteiger partial charge in [-0.1, -0.05) is 38.0 Å². The Labute approximate surface area is 151 Å². The van der Waals surface area contributed by atoms with E-state index < -0.39 is 5.60 Å². The molecule has 2 heteroatoms. The van der Waals surface area contributed by atoms with Crippen LogP contribution in [0.15, 0.2) is 35.5 Å². The molecule has 0 aliphatic heterocycles. The topological polar surface area (TPSA) is 37.3 Å². The van der Waals surface area contributed by atoms with E-state index in [9.17, 15) is 9.90 Å². The molecule has 6 atom stereocenters. The number of carbonyl (C=O) groups excluding carboxylic acids is 1. The summed E-state index contributed by atoms with van der Waals surface area (Å²) in [5, 5.41) is 11.2. The van der Waals surface area contributed by atoms with Crippen molar-refractivity contribution in [3.05, 3.63) is 35.5 Å². The predicted molar refractivity (Wildman–Crippen MR) is 99.5 cm³/mol. The summed E-state index contributed by atoms with van der Waals surface area (Å²) < 4.78 is 0. The molecule has 0 aromatic heterocycles. The van der Waals surface area contributed by atoms with E-state index >= 15 is 0 Å². The molecule has 132 valence electrons. The summed E-state index contributed by atoms with van der Waals surface area (Å²) in [5.74, 6) is 4.18. The molecular formula is C23H28O2. The Kier molecular flexibility index (Phi) is 3.36. The van der Waals surface area contributed by atoms with Gasteiger partial charge in [-0.3, -0.25) is 4.79 Å². The summed E-state index contributed by atoms with van der Waals surface area (Å²) in [6.45, 7) is 10.8. The van der Waals surface area contributed by atoms with Crippen molar-refractivity contribution in [2.45, 2.75) is 58.5 Å². The lowest BCUT2D eigenvalue weighted by Gasteiger charge is -2.57. The normalized spacial score (nSPS) is 48.7. The number of carbonyl (C=O) groups is 1. The summed E-state index contributed by atoms with van der Waals surface area (Å²) in [6, 6.07) is 0. The Morgan fingerprint density at radius 3 is 2.72 bits per heavy atom. The summed E-state index contributed by atoms with van der Waals surface area (Å²) >= 11 is 0. The highest BCUT2D eigenvalue weighted by Gasteiger charge is 2.64. The highest BCUT2D eigenvalue weighted by Crippen LogP contribution is 2.67. The summed E-state index contributed by atoms with van der Waals surface area (Å²) in [4.78, 5) is 12.0. The molecule has 4 rings (SSSR count). The quantitative estimate of drug-likeness (QED) is 0.531. The minimum Gasteiger partial charge on any atom is -0.373 e. The van der Waals surface area contributed by atoms with Crippen molar-refractivity contribution in [2.24, 2.45) is 28.6 Å². The van der Waals surface area contributed by atoms with Crippen LogP contribution in [0.1, 0.15) is 52.9 Å². The SMILES string of the molecule is C#C[C@]1(O)C(=C)C[C@H]2[C@@H]3C=C(C)C4=CC(=O)CC[C@]4(C)[C@H]3CC[C@@]21C. The first kappa shape index (κ1) is 16.9. The molecule has 0 unspecified atom stereocenters. The second kappa shape index (κ2) is 4.98. The van der Waals surface area contributed by atoms with Crippen LogP contribution in [0, 0.1) is 40.9 Å². The summed E-state index contributed by atoms with van der Waals surface area (Å²) in [7, 11) is 0. The fraction of sp³-hybridized carbons (Fsp3) is 0.609. The molecule has 2 nitrogen and oxygen atoms in total. The molecule has 0 aromatic rings. The maximum absolute atomic E-state index is 12.0. The van der Waals surface area contributed by atoms with Gasteiger partial charge in [0, 0.05) is 11.8 Å². The fourth-order valence-corrected chi connectivity index (χ4v) is 6.65. The molecule has 4 aliphatic carbocycles. The highest BCUT2D eigenvalue weighted by atomic mass is 16.3. The minimum absolute atomic E-state index is 0.0664. The first-order valence-corrected chi connectivity index (χ1v) is 9.49. The van der Waals surface area contributed by atoms with Crippen molar-refractivity contribution in [1.82, 2.24) is 0 Å². The van der Waals surface area contributed by atoms with Crippen LogP contribution in [-0.2, 0) is 4.79 Å². The van der Waals surface area contributed by atoms with Gasteiger partial charge in [-0.05, 0) is 73.0 Å². The maximum atomic E-state index is 12.0. The van der Waals surface area contributed by atoms with E-state index in [-0.39, 0.29) is 16.6 Å². The zero-order valence-electron chi connectivity index (χ0n) is 15.6. The third-order valence-corrected chi connectivity index (χ3v) is 8.23. The zero-order valence-corrected chi connectivity index (χ0v) is 15.6. The van der Waals surface area contributed by atoms with E-state index in [1.54, 1.807) is 0 Å². The predicted octanol–water partition coefficient (Wildman–Crippen LogP) is 4.21. The van der Waals surface area contributed by atoms with Crippen LogP contribution in [0.25, 0.3) is 0 Å². The second-order valence-electron chi connectivity index (χ2n) is 9.20. The number of allylic oxidation sites excluding steroid dienone is 4. The van der Waals surface area contributed by atoms with Gasteiger partial charge in [0.25, 0.3) is 0 Å². The van der Waals surface area contributed by atoms with Crippen molar-refractivity contribution in [2.75, 3.05) is 0 Å². The second-order valence-corrected chi connectivity index (χ2v) is 9.20. The van der Waals surface area contributed by atoms with Gasteiger partial charge < -0.3 is 5.11 Å². The number of hydrogen-bond acceptors (Lipinski definition) is 2. The first-order chi connectivity index (χ1) is 11.7. The van der Waals surface area contributed by atoms with Crippen LogP contribution in [0.3, 0.4) is 0 Å². The van der Waals surface area contributed by atoms with Gasteiger partial charge >= 0.3 is 0 Å². The molecule has 0 aromatic carbocycles. The Morgan fingerprint density at radius 1 is 1.32 bits per heavy atom. The molecule has 0 bridgehead atoms. The van der Waals surface area contributed by atoms with E-state index in [1.807, 2.05) is 6.08 Å². The fourth-order valence-electron chi connectivity index (χ4n) is 6.65. The van der Waals surface area contributed by atoms with Gasteiger partial charge in [0.05, 0.1) is 0 Å². The molecule has 1 N–H and O–H groups in total. The molecule has 0 spiro atoms. The zero-order chi connectivity index (χ0) is 18.2. The molecule has 4 aliphatic rings. The first-order valence-electron chi connectivity index (χ1n) is 9.49. The smallest absolute Gasteiger partial charge is 0.156 e. The number of hydrogen-bond donors (Lipinski definition) is 1. The van der Waals surface area contributed by atoms with Gasteiger partial charge in [0.1, 0.15) is 0 Å². The van der Waals surface area contributed by atoms with Crippen LogP contribution >= 0.6 is 0 Å². The van der Waals surface area contributed by atoms with E-state index in [2.05, 4.69) is 39.3 Å². The average molecular weight is 336 g/mol. The van der Waals surface area contributed by atoms with E-state index in [4.69, 9.17) is 6.42 Å². The van der Waals surface area contributed by atoms with Gasteiger partial charge in [-0.25, -0.2) is 0 Å². The number of ketones is 1. The van der Waals surface area contributed by atoms with Gasteiger partial charge in [-0.15, -0.1) is 6.42 Å². The lowest BCUT2D eigenvalue weighted by atomic mass is 9.47. The molecule has 2 fully saturated rings. The largest absolute Gasteiger partial charge is 0.373 e. The third-order valence-electron chi connectivity index (χ3n) is 8.23. The number of rotatable bonds is 0. The van der Waals surface area contributed by atoms with E-state index in [0.717, 1.165) is 31.3 Å². The molecule has 0 saturated heterocycles. The Morgan fingerprint density at radius 2 is 2.04 bits per heavy atom. The monoisotopic (exact) mass is 336 g/mol. The Hall–Kier alpha value is -1.59. The molecule has 2 saturated carbocycles. The number of terminal acetylenes is 1. The molecule has 0 radical (unpaired) electrons. The lowest BCUT2D eigenvalue weighted by Crippen LogP contribution is -2.54. The molecule has 0 amide bonds. The minimum atomic E-state index is -1.19. The van der Waals surface area contributed by atoms with Gasteiger partial charge in [-0.2, -0.15) is 0 Å². The summed E-state index contributed by atoms with van der Waals surface area (Å²) in [6.07, 6.45) is 14.4. The van der Waals surface area contributed by atoms with E-state index in [1.165, 1.54) is 11.1 Å². The third kappa shape index (κ3) is 1.88. The van der Waals surface area contributed by atoms with Crippen molar-refractivity contribution >= 4 is 5.78 Å². The standard InChI is InChI=1S/C23H28O2/c1-6-23(25)15(3)12-20-17-11-14(2)19-13-16(24)7-9-21(19,4)18(17)8-10-22(20,23)5/h1,11,13,17-18,20,25H,3,7-10,12H2,2,4-5H3/t17-,18+,20+,21-,22+,23+/m1/s1. The van der Waals surface area contributed by atoms with Crippen molar-refractivity contribution < 1.29 is 9.90 Å². The van der Waals surface area contributed by atoms with Crippen molar-refractivity contribution in [1.29, 1.82) is 0 Å². The Balaban J connectivity index is 1.84. The van der Waals surface area contributed by atoms with Gasteiger partial charge in [0.2, 0.25) is 0 Å². The van der Waals surface area contributed by atoms with Crippen LogP contribution < -0.4 is 0 Å². The number of aliphatic hydroxyl groups is 1.